The monoisotopic (exact) mass is 285 g/mol. The molecule has 1 aromatic heterocycles. The minimum absolute atomic E-state index is 0.0104. The van der Waals surface area contributed by atoms with E-state index in [4.69, 9.17) is 10.8 Å². The van der Waals surface area contributed by atoms with Crippen molar-refractivity contribution < 1.29 is 9.59 Å². The summed E-state index contributed by atoms with van der Waals surface area (Å²) in [6, 6.07) is 1.17. The smallest absolute Gasteiger partial charge is 0.264 e. The highest BCUT2D eigenvalue weighted by Gasteiger charge is 2.42. The van der Waals surface area contributed by atoms with Gasteiger partial charge in [0.15, 0.2) is 5.84 Å². The molecule has 1 atom stereocenters. The molecule has 3 rings (SSSR count). The number of ketones is 1. The lowest BCUT2D eigenvalue weighted by Gasteiger charge is -2.30. The lowest BCUT2D eigenvalue weighted by atomic mass is 9.91. The maximum Gasteiger partial charge on any atom is 0.264 e. The number of nitrogens with zero attached hydrogens (tertiary/aromatic N) is 2. The van der Waals surface area contributed by atoms with E-state index in [-0.39, 0.29) is 29.7 Å². The quantitative estimate of drug-likeness (QED) is 0.754. The summed E-state index contributed by atoms with van der Waals surface area (Å²) in [5.41, 5.74) is 1.52. The van der Waals surface area contributed by atoms with Gasteiger partial charge >= 0.3 is 0 Å². The first-order valence-corrected chi connectivity index (χ1v) is 6.73. The minimum Gasteiger partial charge on any atom is -0.387 e. The molecule has 7 nitrogen and oxygen atoms in total. The Hall–Kier alpha value is -2.57. The zero-order chi connectivity index (χ0) is 15.1. The van der Waals surface area contributed by atoms with Gasteiger partial charge in [0.2, 0.25) is 0 Å². The summed E-state index contributed by atoms with van der Waals surface area (Å²) in [6.07, 6.45) is 2.34. The molecule has 1 aliphatic heterocycles. The first kappa shape index (κ1) is 13.4. The van der Waals surface area contributed by atoms with E-state index in [0.717, 1.165) is 0 Å². The number of pyridine rings is 1. The van der Waals surface area contributed by atoms with E-state index in [9.17, 15) is 9.59 Å². The van der Waals surface area contributed by atoms with Crippen LogP contribution >= 0.6 is 0 Å². The average molecular weight is 285 g/mol. The second-order valence-electron chi connectivity index (χ2n) is 5.15. The van der Waals surface area contributed by atoms with Crippen molar-refractivity contribution in [3.63, 3.8) is 0 Å². The van der Waals surface area contributed by atoms with Crippen molar-refractivity contribution in [3.05, 3.63) is 23.5 Å². The molecule has 108 valence electrons. The third-order valence-electron chi connectivity index (χ3n) is 3.92. The molecule has 3 N–H and O–H groups in total. The number of anilines is 1. The molecule has 0 saturated heterocycles. The number of carbonyl (C=O) groups is 2. The molecule has 1 saturated carbocycles. The van der Waals surface area contributed by atoms with Crippen molar-refractivity contribution in [3.8, 4) is 0 Å². The second-order valence-corrected chi connectivity index (χ2v) is 5.15. The summed E-state index contributed by atoms with van der Waals surface area (Å²) in [6.45, 7) is 0. The molecule has 1 aromatic rings. The van der Waals surface area contributed by atoms with E-state index >= 15 is 0 Å². The average Bonchev–Trinajstić information content (AvgIpc) is 2.72. The first-order chi connectivity index (χ1) is 10.0. The fourth-order valence-corrected chi connectivity index (χ4v) is 2.88. The van der Waals surface area contributed by atoms with Crippen LogP contribution in [0.25, 0.3) is 0 Å². The minimum atomic E-state index is -0.512. The van der Waals surface area contributed by atoms with Gasteiger partial charge in [-0.3, -0.25) is 24.9 Å². The van der Waals surface area contributed by atoms with Crippen molar-refractivity contribution in [1.82, 2.24) is 9.88 Å². The topological polar surface area (TPSA) is 110 Å². The Bertz CT molecular complexity index is 682. The van der Waals surface area contributed by atoms with E-state index < -0.39 is 6.04 Å². The zero-order valence-electron chi connectivity index (χ0n) is 11.6. The Labute approximate surface area is 121 Å². The molecule has 1 aliphatic carbocycles. The summed E-state index contributed by atoms with van der Waals surface area (Å²) >= 11 is 0. The summed E-state index contributed by atoms with van der Waals surface area (Å²) in [4.78, 5) is 29.5. The van der Waals surface area contributed by atoms with Gasteiger partial charge in [-0.1, -0.05) is 0 Å². The van der Waals surface area contributed by atoms with E-state index in [1.807, 2.05) is 0 Å². The molecule has 2 heterocycles. The van der Waals surface area contributed by atoms with E-state index in [1.54, 1.807) is 19.3 Å². The number of amidine groups is 1. The summed E-state index contributed by atoms with van der Waals surface area (Å²) in [5, 5.41) is 19.1. The van der Waals surface area contributed by atoms with Gasteiger partial charge in [-0.15, -0.1) is 0 Å². The molecule has 1 fully saturated rings. The van der Waals surface area contributed by atoms with Gasteiger partial charge < -0.3 is 10.7 Å². The highest BCUT2D eigenvalue weighted by atomic mass is 16.2. The van der Waals surface area contributed by atoms with Crippen LogP contribution in [0.1, 0.15) is 35.3 Å². The van der Waals surface area contributed by atoms with Crippen molar-refractivity contribution in [2.24, 2.45) is 0 Å². The third-order valence-corrected chi connectivity index (χ3v) is 3.92. The Balaban J connectivity index is 2.00. The predicted octanol–water partition coefficient (Wildman–Crippen LogP) is 1.05. The molecule has 21 heavy (non-hydrogen) atoms. The largest absolute Gasteiger partial charge is 0.387 e. The molecular formula is C14H15N5O2. The molecule has 1 amide bonds. The van der Waals surface area contributed by atoms with Crippen LogP contribution in [-0.4, -0.2) is 46.2 Å². The van der Waals surface area contributed by atoms with Crippen LogP contribution in [0.5, 0.6) is 0 Å². The highest BCUT2D eigenvalue weighted by molar-refractivity contribution is 6.25. The normalized spacial score (nSPS) is 21.8. The number of Topliss-reactive ketones (excluding diaryl/α,β-unsaturated/α-hetero) is 1. The Morgan fingerprint density at radius 3 is 2.81 bits per heavy atom. The standard InChI is InChI=1S/C14H15N5O2/c1-17-9-4-5-18-12-11(9)14(21)19(13(12)16)10-3-2-7(20)6-8(10)15/h4-5,10,15-16H,2-3,6H2,1H3,(H,17,18). The number of hydrogen-bond donors (Lipinski definition) is 3. The summed E-state index contributed by atoms with van der Waals surface area (Å²) in [7, 11) is 1.70. The van der Waals surface area contributed by atoms with Crippen molar-refractivity contribution in [2.45, 2.75) is 25.3 Å². The molecular weight excluding hydrogens is 270 g/mol. The fourth-order valence-electron chi connectivity index (χ4n) is 2.88. The van der Waals surface area contributed by atoms with Crippen LogP contribution in [0.15, 0.2) is 12.3 Å². The number of aromatic nitrogens is 1. The van der Waals surface area contributed by atoms with Crippen molar-refractivity contribution in [1.29, 1.82) is 10.8 Å². The van der Waals surface area contributed by atoms with Gasteiger partial charge in [0.25, 0.3) is 5.91 Å². The van der Waals surface area contributed by atoms with E-state index in [1.165, 1.54) is 4.90 Å². The van der Waals surface area contributed by atoms with Crippen LogP contribution in [-0.2, 0) is 4.79 Å². The predicted molar refractivity (Wildman–Crippen MR) is 77.2 cm³/mol. The molecule has 0 aromatic carbocycles. The van der Waals surface area contributed by atoms with Gasteiger partial charge in [-0.05, 0) is 12.5 Å². The van der Waals surface area contributed by atoms with E-state index in [2.05, 4.69) is 10.3 Å². The van der Waals surface area contributed by atoms with Crippen molar-refractivity contribution in [2.75, 3.05) is 12.4 Å². The second kappa shape index (κ2) is 4.76. The molecule has 2 aliphatic rings. The summed E-state index contributed by atoms with van der Waals surface area (Å²) in [5.74, 6) is -0.297. The lowest BCUT2D eigenvalue weighted by molar-refractivity contribution is -0.118. The zero-order valence-corrected chi connectivity index (χ0v) is 11.6. The van der Waals surface area contributed by atoms with Crippen LogP contribution < -0.4 is 5.32 Å². The van der Waals surface area contributed by atoms with Crippen LogP contribution in [0.3, 0.4) is 0 Å². The van der Waals surface area contributed by atoms with Crippen LogP contribution in [0.4, 0.5) is 5.69 Å². The lowest BCUT2D eigenvalue weighted by Crippen LogP contribution is -2.47. The number of rotatable bonds is 2. The Morgan fingerprint density at radius 2 is 2.14 bits per heavy atom. The summed E-state index contributed by atoms with van der Waals surface area (Å²) < 4.78 is 0. The van der Waals surface area contributed by atoms with Gasteiger partial charge in [-0.25, -0.2) is 0 Å². The fraction of sp³-hybridized carbons (Fsp3) is 0.357. The number of amides is 1. The van der Waals surface area contributed by atoms with Gasteiger partial charge in [0.1, 0.15) is 11.5 Å². The molecule has 7 heteroatoms. The first-order valence-electron chi connectivity index (χ1n) is 6.73. The molecule has 0 bridgehead atoms. The van der Waals surface area contributed by atoms with Crippen LogP contribution in [0, 0.1) is 10.8 Å². The van der Waals surface area contributed by atoms with Gasteiger partial charge in [-0.2, -0.15) is 0 Å². The highest BCUT2D eigenvalue weighted by Crippen LogP contribution is 2.31. The number of carbonyl (C=O) groups excluding carboxylic acids is 2. The number of fused-ring (bicyclic) bond motifs is 1. The maximum absolute atomic E-state index is 12.6. The van der Waals surface area contributed by atoms with E-state index in [0.29, 0.717) is 29.8 Å². The molecule has 1 unspecified atom stereocenters. The number of nitrogens with one attached hydrogen (secondary N) is 3. The third kappa shape index (κ3) is 1.93. The molecule has 0 radical (unpaired) electrons. The Morgan fingerprint density at radius 1 is 1.38 bits per heavy atom. The van der Waals surface area contributed by atoms with Crippen molar-refractivity contribution >= 4 is 28.9 Å². The number of hydrogen-bond acceptors (Lipinski definition) is 6. The Kier molecular flexibility index (Phi) is 3.04. The van der Waals surface area contributed by atoms with Gasteiger partial charge in [0.05, 0.1) is 17.3 Å². The van der Waals surface area contributed by atoms with Gasteiger partial charge in [0, 0.05) is 31.8 Å². The SMILES string of the molecule is CNc1ccnc2c1C(=O)N(C1CCC(=O)CC1=N)C2=N. The molecule has 0 spiro atoms. The maximum atomic E-state index is 12.6. The van der Waals surface area contributed by atoms with Crippen LogP contribution in [0.2, 0.25) is 0 Å².